The second-order valence-electron chi connectivity index (χ2n) is 4.44. The molecule has 4 N–H and O–H groups in total. The number of halogens is 1. The first-order valence-corrected chi connectivity index (χ1v) is 6.29. The zero-order chi connectivity index (χ0) is 13.0. The fourth-order valence-corrected chi connectivity index (χ4v) is 2.29. The number of rotatable bonds is 5. The SMILES string of the molecule is COc1ccc([C@H](N)CCCN)c2ccccc12.Cl. The maximum absolute atomic E-state index is 6.24. The quantitative estimate of drug-likeness (QED) is 0.885. The molecule has 3 nitrogen and oxygen atoms in total. The van der Waals surface area contributed by atoms with Gasteiger partial charge in [0.25, 0.3) is 0 Å². The number of fused-ring (bicyclic) bond motifs is 1. The fourth-order valence-electron chi connectivity index (χ4n) is 2.29. The minimum absolute atomic E-state index is 0. The molecular formula is C15H21ClN2O. The van der Waals surface area contributed by atoms with Crippen LogP contribution in [0.25, 0.3) is 10.8 Å². The Morgan fingerprint density at radius 1 is 1.11 bits per heavy atom. The van der Waals surface area contributed by atoms with E-state index in [1.807, 2.05) is 18.2 Å². The lowest BCUT2D eigenvalue weighted by Crippen LogP contribution is -2.13. The Balaban J connectivity index is 0.00000180. The third kappa shape index (κ3) is 3.38. The van der Waals surface area contributed by atoms with Crippen molar-refractivity contribution in [3.05, 3.63) is 42.0 Å². The van der Waals surface area contributed by atoms with Gasteiger partial charge in [0, 0.05) is 11.4 Å². The first-order valence-electron chi connectivity index (χ1n) is 6.29. The molecule has 2 aromatic carbocycles. The van der Waals surface area contributed by atoms with E-state index >= 15 is 0 Å². The second kappa shape index (κ2) is 7.34. The highest BCUT2D eigenvalue weighted by molar-refractivity contribution is 5.91. The van der Waals surface area contributed by atoms with E-state index in [9.17, 15) is 0 Å². The Kier molecular flexibility index (Phi) is 6.09. The fraction of sp³-hybridized carbons (Fsp3) is 0.333. The molecule has 104 valence electrons. The summed E-state index contributed by atoms with van der Waals surface area (Å²) in [5.74, 6) is 0.889. The third-order valence-electron chi connectivity index (χ3n) is 3.26. The summed E-state index contributed by atoms with van der Waals surface area (Å²) < 4.78 is 5.38. The zero-order valence-corrected chi connectivity index (χ0v) is 12.0. The summed E-state index contributed by atoms with van der Waals surface area (Å²) in [6, 6.07) is 12.3. The molecule has 0 fully saturated rings. The molecule has 0 amide bonds. The Hall–Kier alpha value is -1.29. The maximum atomic E-state index is 6.24. The lowest BCUT2D eigenvalue weighted by atomic mass is 9.96. The summed E-state index contributed by atoms with van der Waals surface area (Å²) in [5.41, 5.74) is 12.9. The number of benzene rings is 2. The maximum Gasteiger partial charge on any atom is 0.126 e. The molecule has 2 rings (SSSR count). The predicted molar refractivity (Wildman–Crippen MR) is 83.0 cm³/mol. The van der Waals surface area contributed by atoms with Gasteiger partial charge in [-0.25, -0.2) is 0 Å². The standard InChI is InChI=1S/C15H20N2O.ClH/c1-18-15-9-8-12(14(17)7-4-10-16)11-5-2-3-6-13(11)15;/h2-3,5-6,8-9,14H,4,7,10,16-17H2,1H3;1H/t14-;/m1./s1. The lowest BCUT2D eigenvalue weighted by molar-refractivity contribution is 0.419. The van der Waals surface area contributed by atoms with Crippen molar-refractivity contribution in [2.45, 2.75) is 18.9 Å². The molecule has 0 saturated carbocycles. The molecule has 0 heterocycles. The normalized spacial score (nSPS) is 11.9. The number of ether oxygens (including phenoxy) is 1. The van der Waals surface area contributed by atoms with Gasteiger partial charge >= 0.3 is 0 Å². The third-order valence-corrected chi connectivity index (χ3v) is 3.26. The predicted octanol–water partition coefficient (Wildman–Crippen LogP) is 3.01. The molecule has 0 saturated heterocycles. The van der Waals surface area contributed by atoms with Crippen molar-refractivity contribution in [1.82, 2.24) is 0 Å². The van der Waals surface area contributed by atoms with Gasteiger partial charge in [0.05, 0.1) is 7.11 Å². The molecule has 0 aliphatic carbocycles. The van der Waals surface area contributed by atoms with E-state index in [1.165, 1.54) is 10.9 Å². The topological polar surface area (TPSA) is 61.3 Å². The van der Waals surface area contributed by atoms with Gasteiger partial charge in [0.1, 0.15) is 5.75 Å². The summed E-state index contributed by atoms with van der Waals surface area (Å²) in [6.45, 7) is 0.682. The minimum atomic E-state index is 0. The molecule has 0 bridgehead atoms. The van der Waals surface area contributed by atoms with Crippen LogP contribution >= 0.6 is 12.4 Å². The van der Waals surface area contributed by atoms with Gasteiger partial charge in [-0.05, 0) is 36.4 Å². The summed E-state index contributed by atoms with van der Waals surface area (Å²) in [7, 11) is 1.69. The van der Waals surface area contributed by atoms with E-state index in [0.29, 0.717) is 6.54 Å². The molecular weight excluding hydrogens is 260 g/mol. The zero-order valence-electron chi connectivity index (χ0n) is 11.1. The van der Waals surface area contributed by atoms with Gasteiger partial charge in [-0.15, -0.1) is 12.4 Å². The number of nitrogens with two attached hydrogens (primary N) is 2. The first-order chi connectivity index (χ1) is 8.77. The van der Waals surface area contributed by atoms with Crippen molar-refractivity contribution < 1.29 is 4.74 Å². The molecule has 0 aliphatic heterocycles. The minimum Gasteiger partial charge on any atom is -0.496 e. The van der Waals surface area contributed by atoms with E-state index in [4.69, 9.17) is 16.2 Å². The van der Waals surface area contributed by atoms with Crippen LogP contribution in [-0.2, 0) is 0 Å². The van der Waals surface area contributed by atoms with Gasteiger partial charge in [0.15, 0.2) is 0 Å². The Morgan fingerprint density at radius 2 is 1.79 bits per heavy atom. The van der Waals surface area contributed by atoms with Crippen LogP contribution in [0.5, 0.6) is 5.75 Å². The van der Waals surface area contributed by atoms with Crippen LogP contribution in [0.15, 0.2) is 36.4 Å². The Morgan fingerprint density at radius 3 is 2.42 bits per heavy atom. The molecule has 0 radical (unpaired) electrons. The second-order valence-corrected chi connectivity index (χ2v) is 4.44. The van der Waals surface area contributed by atoms with E-state index in [0.717, 1.165) is 24.0 Å². The molecule has 0 unspecified atom stereocenters. The van der Waals surface area contributed by atoms with E-state index in [-0.39, 0.29) is 18.4 Å². The average molecular weight is 281 g/mol. The molecule has 0 spiro atoms. The van der Waals surface area contributed by atoms with Crippen LogP contribution in [0.1, 0.15) is 24.4 Å². The van der Waals surface area contributed by atoms with Crippen molar-refractivity contribution in [3.8, 4) is 5.75 Å². The van der Waals surface area contributed by atoms with E-state index in [2.05, 4.69) is 18.2 Å². The number of methoxy groups -OCH3 is 1. The highest BCUT2D eigenvalue weighted by Gasteiger charge is 2.11. The highest BCUT2D eigenvalue weighted by Crippen LogP contribution is 2.31. The summed E-state index contributed by atoms with van der Waals surface area (Å²) >= 11 is 0. The van der Waals surface area contributed by atoms with Crippen LogP contribution in [0.4, 0.5) is 0 Å². The Labute approximate surface area is 120 Å². The highest BCUT2D eigenvalue weighted by atomic mass is 35.5. The van der Waals surface area contributed by atoms with Crippen molar-refractivity contribution in [2.24, 2.45) is 11.5 Å². The van der Waals surface area contributed by atoms with Gasteiger partial charge < -0.3 is 16.2 Å². The first kappa shape index (κ1) is 15.8. The smallest absolute Gasteiger partial charge is 0.126 e. The van der Waals surface area contributed by atoms with Gasteiger partial charge in [-0.2, -0.15) is 0 Å². The molecule has 19 heavy (non-hydrogen) atoms. The van der Waals surface area contributed by atoms with Gasteiger partial charge in [-0.1, -0.05) is 30.3 Å². The molecule has 4 heteroatoms. The lowest BCUT2D eigenvalue weighted by Gasteiger charge is -2.16. The van der Waals surface area contributed by atoms with Crippen molar-refractivity contribution in [2.75, 3.05) is 13.7 Å². The van der Waals surface area contributed by atoms with Crippen LogP contribution in [0.3, 0.4) is 0 Å². The van der Waals surface area contributed by atoms with Crippen molar-refractivity contribution >= 4 is 23.2 Å². The van der Waals surface area contributed by atoms with E-state index in [1.54, 1.807) is 7.11 Å². The van der Waals surface area contributed by atoms with Crippen LogP contribution in [0, 0.1) is 0 Å². The summed E-state index contributed by atoms with van der Waals surface area (Å²) in [4.78, 5) is 0. The molecule has 1 atom stereocenters. The van der Waals surface area contributed by atoms with E-state index < -0.39 is 0 Å². The summed E-state index contributed by atoms with van der Waals surface area (Å²) in [5, 5.41) is 2.28. The average Bonchev–Trinajstić information content (AvgIpc) is 2.43. The van der Waals surface area contributed by atoms with Gasteiger partial charge in [-0.3, -0.25) is 0 Å². The van der Waals surface area contributed by atoms with Crippen LogP contribution in [0.2, 0.25) is 0 Å². The van der Waals surface area contributed by atoms with Crippen LogP contribution < -0.4 is 16.2 Å². The number of hydrogen-bond donors (Lipinski definition) is 2. The molecule has 2 aromatic rings. The molecule has 0 aromatic heterocycles. The molecule has 0 aliphatic rings. The largest absolute Gasteiger partial charge is 0.496 e. The Bertz CT molecular complexity index is 531. The monoisotopic (exact) mass is 280 g/mol. The summed E-state index contributed by atoms with van der Waals surface area (Å²) in [6.07, 6.45) is 1.86. The number of hydrogen-bond acceptors (Lipinski definition) is 3. The van der Waals surface area contributed by atoms with Crippen LogP contribution in [-0.4, -0.2) is 13.7 Å². The van der Waals surface area contributed by atoms with Crippen molar-refractivity contribution in [3.63, 3.8) is 0 Å². The van der Waals surface area contributed by atoms with Gasteiger partial charge in [0.2, 0.25) is 0 Å². The van der Waals surface area contributed by atoms with Crippen molar-refractivity contribution in [1.29, 1.82) is 0 Å².